The van der Waals surface area contributed by atoms with Gasteiger partial charge in [0.1, 0.15) is 0 Å². The zero-order valence-electron chi connectivity index (χ0n) is 11.1. The highest BCUT2D eigenvalue weighted by Crippen LogP contribution is 2.33. The Balaban J connectivity index is 2.23. The molecule has 0 bridgehead atoms. The fraction of sp³-hybridized carbons (Fsp3) is 0.714. The SMILES string of the molecule is CC(C)Cc1nc(C2CCCCC2)oc1C(=O)O. The Kier molecular flexibility index (Phi) is 4.04. The maximum Gasteiger partial charge on any atom is 0.373 e. The largest absolute Gasteiger partial charge is 0.475 e. The third kappa shape index (κ3) is 2.92. The Labute approximate surface area is 107 Å². The molecule has 1 aliphatic carbocycles. The summed E-state index contributed by atoms with van der Waals surface area (Å²) in [5.41, 5.74) is 0.609. The lowest BCUT2D eigenvalue weighted by atomic mass is 9.89. The summed E-state index contributed by atoms with van der Waals surface area (Å²) in [7, 11) is 0. The minimum atomic E-state index is -1.000. The van der Waals surface area contributed by atoms with Gasteiger partial charge in [-0.1, -0.05) is 33.1 Å². The number of hydrogen-bond donors (Lipinski definition) is 1. The van der Waals surface area contributed by atoms with Crippen LogP contribution >= 0.6 is 0 Å². The molecule has 100 valence electrons. The van der Waals surface area contributed by atoms with Crippen molar-refractivity contribution in [1.82, 2.24) is 4.98 Å². The molecule has 4 nitrogen and oxygen atoms in total. The molecule has 0 radical (unpaired) electrons. The summed E-state index contributed by atoms with van der Waals surface area (Å²) in [6.45, 7) is 4.11. The summed E-state index contributed by atoms with van der Waals surface area (Å²) in [6.07, 6.45) is 6.45. The van der Waals surface area contributed by atoms with Gasteiger partial charge in [0, 0.05) is 5.92 Å². The summed E-state index contributed by atoms with van der Waals surface area (Å²) in [5, 5.41) is 9.16. The first-order valence-electron chi connectivity index (χ1n) is 6.80. The molecule has 0 saturated heterocycles. The minimum Gasteiger partial charge on any atom is -0.475 e. The first kappa shape index (κ1) is 13.1. The van der Waals surface area contributed by atoms with E-state index in [-0.39, 0.29) is 5.76 Å². The van der Waals surface area contributed by atoms with Gasteiger partial charge in [-0.25, -0.2) is 9.78 Å². The van der Waals surface area contributed by atoms with Crippen molar-refractivity contribution in [3.05, 3.63) is 17.3 Å². The number of aromatic carboxylic acids is 1. The molecular formula is C14H21NO3. The molecule has 1 aliphatic rings. The highest BCUT2D eigenvalue weighted by atomic mass is 16.4. The van der Waals surface area contributed by atoms with Crippen LogP contribution in [0.2, 0.25) is 0 Å². The number of carboxylic acid groups (broad SMARTS) is 1. The zero-order chi connectivity index (χ0) is 13.1. The van der Waals surface area contributed by atoms with Gasteiger partial charge in [0.15, 0.2) is 5.89 Å². The van der Waals surface area contributed by atoms with E-state index in [1.807, 2.05) is 0 Å². The molecule has 0 atom stereocenters. The van der Waals surface area contributed by atoms with Crippen LogP contribution in [0.1, 0.15) is 74.0 Å². The molecule has 1 aromatic heterocycles. The van der Waals surface area contributed by atoms with Gasteiger partial charge in [-0.05, 0) is 25.2 Å². The fourth-order valence-corrected chi connectivity index (χ4v) is 2.59. The van der Waals surface area contributed by atoms with Crippen molar-refractivity contribution >= 4 is 5.97 Å². The van der Waals surface area contributed by atoms with E-state index in [0.717, 1.165) is 12.8 Å². The van der Waals surface area contributed by atoms with Crippen molar-refractivity contribution in [2.75, 3.05) is 0 Å². The van der Waals surface area contributed by atoms with Gasteiger partial charge in [-0.15, -0.1) is 0 Å². The predicted octanol–water partition coefficient (Wildman–Crippen LogP) is 3.62. The van der Waals surface area contributed by atoms with Crippen molar-refractivity contribution in [1.29, 1.82) is 0 Å². The lowest BCUT2D eigenvalue weighted by molar-refractivity contribution is 0.0657. The van der Waals surface area contributed by atoms with Gasteiger partial charge in [0.05, 0.1) is 5.69 Å². The third-order valence-corrected chi connectivity index (χ3v) is 3.46. The molecule has 0 aromatic carbocycles. The summed E-state index contributed by atoms with van der Waals surface area (Å²) in [4.78, 5) is 15.6. The molecule has 0 amide bonds. The van der Waals surface area contributed by atoms with Crippen LogP contribution in [0, 0.1) is 5.92 Å². The standard InChI is InChI=1S/C14H21NO3/c1-9(2)8-11-12(14(16)17)18-13(15-11)10-6-4-3-5-7-10/h9-10H,3-8H2,1-2H3,(H,16,17). The van der Waals surface area contributed by atoms with Gasteiger partial charge < -0.3 is 9.52 Å². The van der Waals surface area contributed by atoms with Gasteiger partial charge in [-0.3, -0.25) is 0 Å². The number of hydrogen-bond acceptors (Lipinski definition) is 3. The predicted molar refractivity (Wildman–Crippen MR) is 67.8 cm³/mol. The van der Waals surface area contributed by atoms with E-state index in [9.17, 15) is 4.79 Å². The average molecular weight is 251 g/mol. The van der Waals surface area contributed by atoms with E-state index in [0.29, 0.717) is 29.8 Å². The van der Waals surface area contributed by atoms with Crippen LogP contribution in [-0.4, -0.2) is 16.1 Å². The maximum atomic E-state index is 11.2. The molecule has 1 fully saturated rings. The summed E-state index contributed by atoms with van der Waals surface area (Å²) >= 11 is 0. The van der Waals surface area contributed by atoms with Crippen LogP contribution in [0.3, 0.4) is 0 Å². The van der Waals surface area contributed by atoms with Gasteiger partial charge in [0.2, 0.25) is 5.76 Å². The van der Waals surface area contributed by atoms with E-state index in [4.69, 9.17) is 9.52 Å². The number of carbonyl (C=O) groups is 1. The average Bonchev–Trinajstić information content (AvgIpc) is 2.73. The second kappa shape index (κ2) is 5.55. The normalized spacial score (nSPS) is 17.3. The van der Waals surface area contributed by atoms with Crippen molar-refractivity contribution < 1.29 is 14.3 Å². The summed E-state index contributed by atoms with van der Waals surface area (Å²) in [6, 6.07) is 0. The third-order valence-electron chi connectivity index (χ3n) is 3.46. The minimum absolute atomic E-state index is 0.0456. The molecular weight excluding hydrogens is 230 g/mol. The molecule has 0 aliphatic heterocycles. The lowest BCUT2D eigenvalue weighted by Gasteiger charge is -2.17. The van der Waals surface area contributed by atoms with Crippen molar-refractivity contribution in [2.45, 2.75) is 58.3 Å². The van der Waals surface area contributed by atoms with Crippen molar-refractivity contribution in [3.8, 4) is 0 Å². The zero-order valence-corrected chi connectivity index (χ0v) is 11.1. The molecule has 1 heterocycles. The molecule has 18 heavy (non-hydrogen) atoms. The van der Waals surface area contributed by atoms with Crippen LogP contribution in [-0.2, 0) is 6.42 Å². The molecule has 2 rings (SSSR count). The molecule has 4 heteroatoms. The van der Waals surface area contributed by atoms with Gasteiger partial charge in [0.25, 0.3) is 0 Å². The molecule has 0 spiro atoms. The highest BCUT2D eigenvalue weighted by molar-refractivity contribution is 5.85. The molecule has 1 N–H and O–H groups in total. The van der Waals surface area contributed by atoms with Crippen LogP contribution in [0.15, 0.2) is 4.42 Å². The Morgan fingerprint density at radius 3 is 2.61 bits per heavy atom. The summed E-state index contributed by atoms with van der Waals surface area (Å²) < 4.78 is 5.51. The number of nitrogens with zero attached hydrogens (tertiary/aromatic N) is 1. The Morgan fingerprint density at radius 1 is 1.39 bits per heavy atom. The lowest BCUT2D eigenvalue weighted by Crippen LogP contribution is -2.05. The quantitative estimate of drug-likeness (QED) is 0.887. The second-order valence-electron chi connectivity index (χ2n) is 5.57. The highest BCUT2D eigenvalue weighted by Gasteiger charge is 2.26. The Hall–Kier alpha value is -1.32. The van der Waals surface area contributed by atoms with Crippen LogP contribution in [0.5, 0.6) is 0 Å². The van der Waals surface area contributed by atoms with Crippen LogP contribution < -0.4 is 0 Å². The first-order valence-corrected chi connectivity index (χ1v) is 6.80. The summed E-state index contributed by atoms with van der Waals surface area (Å²) in [5.74, 6) is 0.386. The monoisotopic (exact) mass is 251 g/mol. The first-order chi connectivity index (χ1) is 8.58. The van der Waals surface area contributed by atoms with Crippen LogP contribution in [0.25, 0.3) is 0 Å². The fourth-order valence-electron chi connectivity index (χ4n) is 2.59. The number of aromatic nitrogens is 1. The molecule has 1 aromatic rings. The molecule has 0 unspecified atom stereocenters. The van der Waals surface area contributed by atoms with E-state index in [1.54, 1.807) is 0 Å². The van der Waals surface area contributed by atoms with Gasteiger partial charge in [-0.2, -0.15) is 0 Å². The number of carboxylic acids is 1. The van der Waals surface area contributed by atoms with E-state index >= 15 is 0 Å². The molecule has 1 saturated carbocycles. The van der Waals surface area contributed by atoms with E-state index in [2.05, 4.69) is 18.8 Å². The Morgan fingerprint density at radius 2 is 2.06 bits per heavy atom. The van der Waals surface area contributed by atoms with Gasteiger partial charge >= 0.3 is 5.97 Å². The number of rotatable bonds is 4. The smallest absolute Gasteiger partial charge is 0.373 e. The van der Waals surface area contributed by atoms with Crippen molar-refractivity contribution in [3.63, 3.8) is 0 Å². The van der Waals surface area contributed by atoms with E-state index in [1.165, 1.54) is 19.3 Å². The Bertz CT molecular complexity index is 417. The van der Waals surface area contributed by atoms with E-state index < -0.39 is 5.97 Å². The van der Waals surface area contributed by atoms with Crippen LogP contribution in [0.4, 0.5) is 0 Å². The number of oxazole rings is 1. The maximum absolute atomic E-state index is 11.2. The van der Waals surface area contributed by atoms with Crippen molar-refractivity contribution in [2.24, 2.45) is 5.92 Å². The second-order valence-corrected chi connectivity index (χ2v) is 5.57. The topological polar surface area (TPSA) is 63.3 Å².